The zero-order valence-corrected chi connectivity index (χ0v) is 23.5. The number of benzene rings is 3. The fourth-order valence-corrected chi connectivity index (χ4v) is 6.49. The molecular weight excluding hydrogens is 530 g/mol. The molecule has 2 bridgehead atoms. The molecule has 3 heterocycles. The summed E-state index contributed by atoms with van der Waals surface area (Å²) in [7, 11) is 3.35. The van der Waals surface area contributed by atoms with E-state index in [2.05, 4.69) is 0 Å². The second-order valence-electron chi connectivity index (χ2n) is 10.4. The number of methoxy groups -OCH3 is 2. The maximum atomic E-state index is 12.7. The van der Waals surface area contributed by atoms with Crippen LogP contribution in [0.15, 0.2) is 78.9 Å². The Balaban J connectivity index is 0.00000320. The lowest BCUT2D eigenvalue weighted by molar-refractivity contribution is -0.946. The Morgan fingerprint density at radius 2 is 1.22 bits per heavy atom. The Morgan fingerprint density at radius 3 is 1.68 bits per heavy atom. The van der Waals surface area contributed by atoms with Crippen LogP contribution in [-0.2, 0) is 5.60 Å². The van der Waals surface area contributed by atoms with Crippen LogP contribution in [0.25, 0.3) is 0 Å². The quantitative estimate of drug-likeness (QED) is 0.302. The van der Waals surface area contributed by atoms with Crippen molar-refractivity contribution in [1.29, 1.82) is 0 Å². The second-order valence-corrected chi connectivity index (χ2v) is 10.4. The van der Waals surface area contributed by atoms with Crippen molar-refractivity contribution in [2.45, 2.75) is 31.3 Å². The Kier molecular flexibility index (Phi) is 8.52. The monoisotopic (exact) mass is 567 g/mol. The van der Waals surface area contributed by atoms with Gasteiger partial charge in [0.1, 0.15) is 22.8 Å². The summed E-state index contributed by atoms with van der Waals surface area (Å²) in [4.78, 5) is 0. The van der Waals surface area contributed by atoms with Gasteiger partial charge in [-0.3, -0.25) is 0 Å². The van der Waals surface area contributed by atoms with Crippen LogP contribution in [-0.4, -0.2) is 56.6 Å². The van der Waals surface area contributed by atoms with Gasteiger partial charge < -0.3 is 40.8 Å². The third-order valence-electron chi connectivity index (χ3n) is 8.77. The number of piperidine rings is 3. The first-order chi connectivity index (χ1) is 17.5. The largest absolute Gasteiger partial charge is 1.00 e. The standard InChI is InChI=1S/C31H38NO4.BrH/c1-34-27-13-9-25(10-14-27)31(33,26-11-15-28(35-2)16-12-26)30-17-21-32(22-18-30,23-19-30)20-6-24-36-29-7-4-3-5-8-29;/h3-5,7-16,33H,6,17-24H2,1-2H3;1H/q+1;/p-1. The van der Waals surface area contributed by atoms with Crippen LogP contribution in [0.1, 0.15) is 36.8 Å². The Bertz CT molecular complexity index is 1060. The first-order valence-electron chi connectivity index (χ1n) is 13.1. The second kappa shape index (κ2) is 11.5. The molecule has 6 heteroatoms. The van der Waals surface area contributed by atoms with Crippen LogP contribution in [0.5, 0.6) is 17.2 Å². The molecule has 198 valence electrons. The molecule has 0 spiro atoms. The van der Waals surface area contributed by atoms with Gasteiger partial charge in [0, 0.05) is 31.1 Å². The molecule has 6 rings (SSSR count). The molecule has 0 saturated carbocycles. The van der Waals surface area contributed by atoms with E-state index in [0.717, 1.165) is 91.3 Å². The summed E-state index contributed by atoms with van der Waals surface area (Å²) in [6.07, 6.45) is 4.05. The molecule has 3 aliphatic rings. The highest BCUT2D eigenvalue weighted by molar-refractivity contribution is 5.43. The van der Waals surface area contributed by atoms with Crippen LogP contribution in [0.3, 0.4) is 0 Å². The van der Waals surface area contributed by atoms with Gasteiger partial charge in [-0.25, -0.2) is 0 Å². The highest BCUT2D eigenvalue weighted by atomic mass is 79.9. The van der Waals surface area contributed by atoms with E-state index in [1.807, 2.05) is 78.9 Å². The molecule has 0 aliphatic carbocycles. The SMILES string of the molecule is COc1ccc(C(O)(c2ccc(OC)cc2)C23CC[N+](CCCOc4ccccc4)(CC2)CC3)cc1.[Br-]. The zero-order valence-electron chi connectivity index (χ0n) is 21.9. The number of aliphatic hydroxyl groups is 1. The fraction of sp³-hybridized carbons (Fsp3) is 0.419. The highest BCUT2D eigenvalue weighted by Crippen LogP contribution is 2.57. The maximum Gasteiger partial charge on any atom is 0.121 e. The number of fused-ring (bicyclic) bond motifs is 3. The summed E-state index contributed by atoms with van der Waals surface area (Å²) in [5.41, 5.74) is 0.605. The summed E-state index contributed by atoms with van der Waals surface area (Å²) in [6, 6.07) is 26.0. The lowest BCUT2D eigenvalue weighted by Gasteiger charge is -2.60. The lowest BCUT2D eigenvalue weighted by atomic mass is 9.56. The predicted octanol–water partition coefficient (Wildman–Crippen LogP) is 2.41. The number of para-hydroxylation sites is 1. The van der Waals surface area contributed by atoms with Crippen molar-refractivity contribution in [3.05, 3.63) is 90.0 Å². The third-order valence-corrected chi connectivity index (χ3v) is 8.77. The molecular formula is C31H38BrNO4. The highest BCUT2D eigenvalue weighted by Gasteiger charge is 2.60. The number of hydrogen-bond donors (Lipinski definition) is 1. The number of hydrogen-bond acceptors (Lipinski definition) is 4. The lowest BCUT2D eigenvalue weighted by Crippen LogP contribution is -3.00. The summed E-state index contributed by atoms with van der Waals surface area (Å²) in [6.45, 7) is 5.17. The van der Waals surface area contributed by atoms with Crippen LogP contribution in [0.2, 0.25) is 0 Å². The molecule has 0 aromatic heterocycles. The van der Waals surface area contributed by atoms with E-state index in [4.69, 9.17) is 14.2 Å². The normalized spacial score (nSPS) is 22.7. The van der Waals surface area contributed by atoms with Crippen molar-refractivity contribution >= 4 is 0 Å². The topological polar surface area (TPSA) is 47.9 Å². The first-order valence-corrected chi connectivity index (χ1v) is 13.1. The molecule has 3 fully saturated rings. The average Bonchev–Trinajstić information content (AvgIpc) is 2.96. The van der Waals surface area contributed by atoms with Crippen LogP contribution < -0.4 is 31.2 Å². The van der Waals surface area contributed by atoms with Gasteiger partial charge in [0.2, 0.25) is 0 Å². The number of halogens is 1. The summed E-state index contributed by atoms with van der Waals surface area (Å²) < 4.78 is 17.9. The van der Waals surface area contributed by atoms with E-state index in [1.165, 1.54) is 0 Å². The van der Waals surface area contributed by atoms with E-state index >= 15 is 0 Å². The summed E-state index contributed by atoms with van der Waals surface area (Å²) in [5, 5.41) is 12.7. The smallest absolute Gasteiger partial charge is 0.121 e. The van der Waals surface area contributed by atoms with Gasteiger partial charge in [0.25, 0.3) is 0 Å². The predicted molar refractivity (Wildman–Crippen MR) is 142 cm³/mol. The van der Waals surface area contributed by atoms with Crippen molar-refractivity contribution in [2.75, 3.05) is 47.0 Å². The molecule has 3 saturated heterocycles. The van der Waals surface area contributed by atoms with Crippen molar-refractivity contribution in [3.63, 3.8) is 0 Å². The first kappa shape index (κ1) is 27.5. The molecule has 0 atom stereocenters. The molecule has 1 N–H and O–H groups in total. The minimum atomic E-state index is -1.07. The number of quaternary nitrogens is 1. The van der Waals surface area contributed by atoms with Gasteiger partial charge in [-0.1, -0.05) is 42.5 Å². The van der Waals surface area contributed by atoms with Gasteiger partial charge in [-0.05, 0) is 47.5 Å². The van der Waals surface area contributed by atoms with Crippen molar-refractivity contribution in [2.24, 2.45) is 5.41 Å². The fourth-order valence-electron chi connectivity index (χ4n) is 6.49. The molecule has 3 aromatic carbocycles. The number of rotatable bonds is 10. The molecule has 0 amide bonds. The van der Waals surface area contributed by atoms with E-state index in [0.29, 0.717) is 0 Å². The van der Waals surface area contributed by atoms with E-state index in [9.17, 15) is 5.11 Å². The molecule has 0 radical (unpaired) electrons. The van der Waals surface area contributed by atoms with Gasteiger partial charge in [0.15, 0.2) is 0 Å². The molecule has 37 heavy (non-hydrogen) atoms. The molecule has 5 nitrogen and oxygen atoms in total. The van der Waals surface area contributed by atoms with Gasteiger partial charge in [0.05, 0.1) is 47.0 Å². The Hall–Kier alpha value is -2.54. The minimum Gasteiger partial charge on any atom is -1.00 e. The minimum absolute atomic E-state index is 0. The van der Waals surface area contributed by atoms with Gasteiger partial charge in [-0.15, -0.1) is 0 Å². The third kappa shape index (κ3) is 5.25. The van der Waals surface area contributed by atoms with Crippen molar-refractivity contribution in [1.82, 2.24) is 0 Å². The Morgan fingerprint density at radius 1 is 0.730 bits per heavy atom. The number of nitrogens with zero attached hydrogens (tertiary/aromatic N) is 1. The van der Waals surface area contributed by atoms with Crippen LogP contribution in [0, 0.1) is 5.41 Å². The van der Waals surface area contributed by atoms with Crippen molar-refractivity contribution < 1.29 is 40.8 Å². The molecule has 0 unspecified atom stereocenters. The van der Waals surface area contributed by atoms with Crippen LogP contribution in [0.4, 0.5) is 0 Å². The maximum absolute atomic E-state index is 12.7. The van der Waals surface area contributed by atoms with E-state index < -0.39 is 5.60 Å². The molecule has 3 aliphatic heterocycles. The Labute approximate surface area is 231 Å². The summed E-state index contributed by atoms with van der Waals surface area (Å²) >= 11 is 0. The molecule has 3 aromatic rings. The van der Waals surface area contributed by atoms with E-state index in [1.54, 1.807) is 14.2 Å². The number of ether oxygens (including phenoxy) is 3. The summed E-state index contributed by atoms with van der Waals surface area (Å²) in [5.74, 6) is 2.54. The van der Waals surface area contributed by atoms with Crippen LogP contribution >= 0.6 is 0 Å². The van der Waals surface area contributed by atoms with Crippen molar-refractivity contribution in [3.8, 4) is 17.2 Å². The van der Waals surface area contributed by atoms with Gasteiger partial charge >= 0.3 is 0 Å². The zero-order chi connectivity index (χ0) is 25.1. The van der Waals surface area contributed by atoms with Gasteiger partial charge in [-0.2, -0.15) is 0 Å². The van der Waals surface area contributed by atoms with E-state index in [-0.39, 0.29) is 22.4 Å². The average molecular weight is 569 g/mol.